The van der Waals surface area contributed by atoms with Crippen molar-refractivity contribution in [1.29, 1.82) is 0 Å². The van der Waals surface area contributed by atoms with Crippen LogP contribution < -0.4 is 11.1 Å². The molecule has 8 heteroatoms. The van der Waals surface area contributed by atoms with E-state index in [9.17, 15) is 14.9 Å². The smallest absolute Gasteiger partial charge is 0.306 e. The Balaban J connectivity index is 1.78. The number of carbonyl (C=O) groups is 1. The largest absolute Gasteiger partial charge is 0.353 e. The molecule has 1 saturated carbocycles. The van der Waals surface area contributed by atoms with Crippen LogP contribution >= 0.6 is 0 Å². The Hall–Kier alpha value is -1.96. The van der Waals surface area contributed by atoms with Gasteiger partial charge in [0.1, 0.15) is 12.4 Å². The van der Waals surface area contributed by atoms with E-state index in [0.717, 1.165) is 19.3 Å². The van der Waals surface area contributed by atoms with Gasteiger partial charge in [0, 0.05) is 19.0 Å². The van der Waals surface area contributed by atoms with E-state index in [1.54, 1.807) is 0 Å². The molecule has 1 aliphatic rings. The van der Waals surface area contributed by atoms with Crippen molar-refractivity contribution >= 4 is 11.6 Å². The maximum atomic E-state index is 11.8. The second-order valence-electron chi connectivity index (χ2n) is 5.07. The van der Waals surface area contributed by atoms with Crippen LogP contribution in [0.2, 0.25) is 0 Å². The summed E-state index contributed by atoms with van der Waals surface area (Å²) in [5.41, 5.74) is 5.60. The normalized spacial score (nSPS) is 21.9. The number of nitrogens with two attached hydrogens (primary N) is 1. The SMILES string of the molecule is NCC1CCCC1NC(=O)CCn1cc([N+](=O)[O-])cn1. The number of nitrogens with zero attached hydrogens (tertiary/aromatic N) is 3. The van der Waals surface area contributed by atoms with Gasteiger partial charge in [0.15, 0.2) is 0 Å². The van der Waals surface area contributed by atoms with E-state index in [1.165, 1.54) is 17.1 Å². The molecular formula is C12H19N5O3. The highest BCUT2D eigenvalue weighted by Crippen LogP contribution is 2.24. The Bertz CT molecular complexity index is 487. The topological polar surface area (TPSA) is 116 Å². The summed E-state index contributed by atoms with van der Waals surface area (Å²) in [7, 11) is 0. The minimum absolute atomic E-state index is 0.0616. The van der Waals surface area contributed by atoms with E-state index in [4.69, 9.17) is 5.73 Å². The second-order valence-corrected chi connectivity index (χ2v) is 5.07. The lowest BCUT2D eigenvalue weighted by atomic mass is 10.0. The number of aromatic nitrogens is 2. The van der Waals surface area contributed by atoms with Crippen LogP contribution in [0.25, 0.3) is 0 Å². The molecule has 0 aromatic carbocycles. The summed E-state index contributed by atoms with van der Waals surface area (Å²) in [5.74, 6) is 0.304. The Kier molecular flexibility index (Phi) is 4.67. The molecule has 3 N–H and O–H groups in total. The number of hydrogen-bond donors (Lipinski definition) is 2. The van der Waals surface area contributed by atoms with Crippen molar-refractivity contribution in [2.24, 2.45) is 11.7 Å². The first-order chi connectivity index (χ1) is 9.60. The van der Waals surface area contributed by atoms with Gasteiger partial charge >= 0.3 is 5.69 Å². The third-order valence-electron chi connectivity index (χ3n) is 3.71. The molecule has 0 bridgehead atoms. The molecule has 0 radical (unpaired) electrons. The van der Waals surface area contributed by atoms with Crippen LogP contribution in [0.1, 0.15) is 25.7 Å². The molecule has 1 aliphatic carbocycles. The number of nitro groups is 1. The third kappa shape index (κ3) is 3.53. The van der Waals surface area contributed by atoms with E-state index in [-0.39, 0.29) is 24.1 Å². The Labute approximate surface area is 116 Å². The molecule has 1 aromatic heterocycles. The van der Waals surface area contributed by atoms with E-state index in [0.29, 0.717) is 19.0 Å². The second kappa shape index (κ2) is 6.47. The first kappa shape index (κ1) is 14.4. The number of hydrogen-bond acceptors (Lipinski definition) is 5. The zero-order chi connectivity index (χ0) is 14.5. The molecule has 8 nitrogen and oxygen atoms in total. The highest BCUT2D eigenvalue weighted by atomic mass is 16.6. The third-order valence-corrected chi connectivity index (χ3v) is 3.71. The van der Waals surface area contributed by atoms with Crippen molar-refractivity contribution in [1.82, 2.24) is 15.1 Å². The molecule has 0 spiro atoms. The Morgan fingerprint density at radius 3 is 3.05 bits per heavy atom. The number of nitrogens with one attached hydrogen (secondary N) is 1. The van der Waals surface area contributed by atoms with Crippen molar-refractivity contribution in [3.63, 3.8) is 0 Å². The molecule has 110 valence electrons. The van der Waals surface area contributed by atoms with Crippen LogP contribution in [0.5, 0.6) is 0 Å². The minimum Gasteiger partial charge on any atom is -0.353 e. The monoisotopic (exact) mass is 281 g/mol. The van der Waals surface area contributed by atoms with Crippen molar-refractivity contribution < 1.29 is 9.72 Å². The summed E-state index contributed by atoms with van der Waals surface area (Å²) in [4.78, 5) is 21.9. The minimum atomic E-state index is -0.506. The van der Waals surface area contributed by atoms with Crippen LogP contribution in [0.4, 0.5) is 5.69 Å². The van der Waals surface area contributed by atoms with E-state index < -0.39 is 4.92 Å². The fourth-order valence-corrected chi connectivity index (χ4v) is 2.57. The molecule has 2 rings (SSSR count). The van der Waals surface area contributed by atoms with E-state index in [2.05, 4.69) is 10.4 Å². The van der Waals surface area contributed by atoms with Gasteiger partial charge in [-0.2, -0.15) is 5.10 Å². The number of carbonyl (C=O) groups excluding carboxylic acids is 1. The molecule has 20 heavy (non-hydrogen) atoms. The molecule has 1 fully saturated rings. The van der Waals surface area contributed by atoms with Gasteiger partial charge in [0.05, 0.1) is 4.92 Å². The van der Waals surface area contributed by atoms with Gasteiger partial charge in [-0.25, -0.2) is 0 Å². The first-order valence-electron chi connectivity index (χ1n) is 6.76. The maximum Gasteiger partial charge on any atom is 0.306 e. The average Bonchev–Trinajstić information content (AvgIpc) is 3.04. The van der Waals surface area contributed by atoms with Gasteiger partial charge in [0.2, 0.25) is 5.91 Å². The molecular weight excluding hydrogens is 262 g/mol. The lowest BCUT2D eigenvalue weighted by Gasteiger charge is -2.19. The summed E-state index contributed by atoms with van der Waals surface area (Å²) in [6, 6.07) is 0.166. The van der Waals surface area contributed by atoms with Crippen LogP contribution in [-0.4, -0.2) is 33.2 Å². The summed E-state index contributed by atoms with van der Waals surface area (Å²) in [5, 5.41) is 17.3. The van der Waals surface area contributed by atoms with Crippen LogP contribution in [0, 0.1) is 16.0 Å². The van der Waals surface area contributed by atoms with Gasteiger partial charge in [-0.3, -0.25) is 19.6 Å². The van der Waals surface area contributed by atoms with Crippen molar-refractivity contribution in [3.8, 4) is 0 Å². The molecule has 1 heterocycles. The average molecular weight is 281 g/mol. The summed E-state index contributed by atoms with van der Waals surface area (Å²) < 4.78 is 1.41. The molecule has 1 aromatic rings. The molecule has 0 saturated heterocycles. The fourth-order valence-electron chi connectivity index (χ4n) is 2.57. The zero-order valence-corrected chi connectivity index (χ0v) is 11.2. The van der Waals surface area contributed by atoms with Gasteiger partial charge < -0.3 is 11.1 Å². The van der Waals surface area contributed by atoms with Crippen molar-refractivity contribution in [2.75, 3.05) is 6.54 Å². The van der Waals surface area contributed by atoms with Crippen molar-refractivity contribution in [3.05, 3.63) is 22.5 Å². The molecule has 2 unspecified atom stereocenters. The number of aryl methyl sites for hydroxylation is 1. The summed E-state index contributed by atoms with van der Waals surface area (Å²) >= 11 is 0. The first-order valence-corrected chi connectivity index (χ1v) is 6.76. The predicted molar refractivity (Wildman–Crippen MR) is 71.8 cm³/mol. The fraction of sp³-hybridized carbons (Fsp3) is 0.667. The van der Waals surface area contributed by atoms with Gasteiger partial charge in [0.25, 0.3) is 0 Å². The Morgan fingerprint density at radius 2 is 2.40 bits per heavy atom. The van der Waals surface area contributed by atoms with Crippen LogP contribution in [-0.2, 0) is 11.3 Å². The maximum absolute atomic E-state index is 11.8. The molecule has 2 atom stereocenters. The van der Waals surface area contributed by atoms with Crippen LogP contribution in [0.15, 0.2) is 12.4 Å². The molecule has 0 aliphatic heterocycles. The highest BCUT2D eigenvalue weighted by molar-refractivity contribution is 5.76. The lowest BCUT2D eigenvalue weighted by molar-refractivity contribution is -0.385. The molecule has 1 amide bonds. The van der Waals surface area contributed by atoms with Gasteiger partial charge in [-0.15, -0.1) is 0 Å². The zero-order valence-electron chi connectivity index (χ0n) is 11.2. The summed E-state index contributed by atoms with van der Waals surface area (Å²) in [6.45, 7) is 0.927. The van der Waals surface area contributed by atoms with Crippen LogP contribution in [0.3, 0.4) is 0 Å². The van der Waals surface area contributed by atoms with E-state index >= 15 is 0 Å². The van der Waals surface area contributed by atoms with Crippen molar-refractivity contribution in [2.45, 2.75) is 38.3 Å². The lowest BCUT2D eigenvalue weighted by Crippen LogP contribution is -2.40. The highest BCUT2D eigenvalue weighted by Gasteiger charge is 2.27. The number of amides is 1. The van der Waals surface area contributed by atoms with E-state index in [1.807, 2.05) is 0 Å². The predicted octanol–water partition coefficient (Wildman–Crippen LogP) is 0.425. The summed E-state index contributed by atoms with van der Waals surface area (Å²) in [6.07, 6.45) is 5.89. The van der Waals surface area contributed by atoms with Gasteiger partial charge in [-0.05, 0) is 25.3 Å². The Morgan fingerprint density at radius 1 is 1.60 bits per heavy atom. The number of rotatable bonds is 6. The quantitative estimate of drug-likeness (QED) is 0.579. The standard InChI is InChI=1S/C12H19N5O3/c13-6-9-2-1-3-11(9)15-12(18)4-5-16-8-10(7-14-16)17(19)20/h7-9,11H,1-6,13H2,(H,15,18). The van der Waals surface area contributed by atoms with Gasteiger partial charge in [-0.1, -0.05) is 6.42 Å².